The lowest BCUT2D eigenvalue weighted by molar-refractivity contribution is 0.616. The van der Waals surface area contributed by atoms with Crippen molar-refractivity contribution in [3.05, 3.63) is 57.5 Å². The molecule has 0 aliphatic carbocycles. The number of aliphatic imine (C=N–C) groups is 1. The number of halogens is 2. The quantitative estimate of drug-likeness (QED) is 0.443. The molecule has 0 saturated carbocycles. The summed E-state index contributed by atoms with van der Waals surface area (Å²) in [6.45, 7) is 2.87. The Morgan fingerprint density at radius 2 is 2.19 bits per heavy atom. The van der Waals surface area contributed by atoms with Gasteiger partial charge in [0, 0.05) is 11.4 Å². The predicted octanol–water partition coefficient (Wildman–Crippen LogP) is 3.46. The topological polar surface area (TPSA) is 50.4 Å². The van der Waals surface area contributed by atoms with Crippen LogP contribution in [0.3, 0.4) is 0 Å². The van der Waals surface area contributed by atoms with Gasteiger partial charge in [-0.3, -0.25) is 0 Å². The van der Waals surface area contributed by atoms with Crippen LogP contribution in [0.5, 0.6) is 0 Å². The van der Waals surface area contributed by atoms with E-state index in [1.807, 2.05) is 12.1 Å². The first-order valence-corrected chi connectivity index (χ1v) is 7.34. The van der Waals surface area contributed by atoms with Crippen molar-refractivity contribution in [3.63, 3.8) is 0 Å². The van der Waals surface area contributed by atoms with Crippen LogP contribution >= 0.6 is 35.3 Å². The van der Waals surface area contributed by atoms with E-state index in [1.165, 1.54) is 10.9 Å². The standard InChI is InChI=1S/C15H18FN3S.HI/c1-11-4-5-12(9-14(11)16)10-19-15(17)18-7-6-13-3-2-8-20-13;/h2-5,8-9H,6-7,10H2,1H3,(H3,17,18,19);1H. The van der Waals surface area contributed by atoms with Crippen molar-refractivity contribution < 1.29 is 4.39 Å². The van der Waals surface area contributed by atoms with Gasteiger partial charge < -0.3 is 11.1 Å². The van der Waals surface area contributed by atoms with Crippen LogP contribution in [0.4, 0.5) is 4.39 Å². The molecule has 21 heavy (non-hydrogen) atoms. The molecule has 114 valence electrons. The van der Waals surface area contributed by atoms with E-state index in [0.717, 1.165) is 18.5 Å². The lowest BCUT2D eigenvalue weighted by Crippen LogP contribution is -2.33. The number of thiophene rings is 1. The van der Waals surface area contributed by atoms with Gasteiger partial charge in [0.25, 0.3) is 0 Å². The van der Waals surface area contributed by atoms with E-state index in [-0.39, 0.29) is 29.8 Å². The Morgan fingerprint density at radius 3 is 2.86 bits per heavy atom. The van der Waals surface area contributed by atoms with E-state index < -0.39 is 0 Å². The van der Waals surface area contributed by atoms with E-state index in [9.17, 15) is 4.39 Å². The summed E-state index contributed by atoms with van der Waals surface area (Å²) in [6, 6.07) is 9.23. The van der Waals surface area contributed by atoms with Crippen molar-refractivity contribution in [3.8, 4) is 0 Å². The minimum absolute atomic E-state index is 0. The van der Waals surface area contributed by atoms with E-state index >= 15 is 0 Å². The fourth-order valence-corrected chi connectivity index (χ4v) is 2.44. The summed E-state index contributed by atoms with van der Waals surface area (Å²) in [5.74, 6) is 0.185. The lowest BCUT2D eigenvalue weighted by Gasteiger charge is -2.05. The van der Waals surface area contributed by atoms with Crippen molar-refractivity contribution in [2.45, 2.75) is 19.9 Å². The van der Waals surface area contributed by atoms with Crippen LogP contribution in [0, 0.1) is 12.7 Å². The van der Waals surface area contributed by atoms with Crippen molar-refractivity contribution in [1.29, 1.82) is 0 Å². The Morgan fingerprint density at radius 1 is 1.38 bits per heavy atom. The van der Waals surface area contributed by atoms with Gasteiger partial charge in [-0.2, -0.15) is 0 Å². The highest BCUT2D eigenvalue weighted by Crippen LogP contribution is 2.10. The molecule has 0 spiro atoms. The number of nitrogens with zero attached hydrogens (tertiary/aromatic N) is 1. The molecule has 0 bridgehead atoms. The molecule has 6 heteroatoms. The van der Waals surface area contributed by atoms with Crippen LogP contribution in [-0.4, -0.2) is 12.5 Å². The first kappa shape index (κ1) is 17.9. The fraction of sp³-hybridized carbons (Fsp3) is 0.267. The molecular weight excluding hydrogens is 400 g/mol. The number of guanidine groups is 1. The third-order valence-electron chi connectivity index (χ3n) is 2.93. The number of nitrogens with one attached hydrogen (secondary N) is 1. The van der Waals surface area contributed by atoms with Crippen LogP contribution in [-0.2, 0) is 13.0 Å². The van der Waals surface area contributed by atoms with Crippen LogP contribution in [0.25, 0.3) is 0 Å². The number of hydrogen-bond acceptors (Lipinski definition) is 2. The minimum atomic E-state index is -0.207. The zero-order valence-corrected chi connectivity index (χ0v) is 15.0. The van der Waals surface area contributed by atoms with E-state index in [0.29, 0.717) is 18.1 Å². The molecule has 0 saturated heterocycles. The fourth-order valence-electron chi connectivity index (χ4n) is 1.74. The Hall–Kier alpha value is -1.15. The number of benzene rings is 1. The van der Waals surface area contributed by atoms with Gasteiger partial charge in [-0.1, -0.05) is 18.2 Å². The Bertz CT molecular complexity index is 585. The lowest BCUT2D eigenvalue weighted by atomic mass is 10.1. The molecule has 0 atom stereocenters. The Labute approximate surface area is 145 Å². The van der Waals surface area contributed by atoms with Crippen LogP contribution in [0.15, 0.2) is 40.7 Å². The van der Waals surface area contributed by atoms with Crippen LogP contribution in [0.2, 0.25) is 0 Å². The predicted molar refractivity (Wildman–Crippen MR) is 97.9 cm³/mol. The molecule has 0 amide bonds. The monoisotopic (exact) mass is 419 g/mol. The first-order valence-electron chi connectivity index (χ1n) is 6.46. The van der Waals surface area contributed by atoms with Gasteiger partial charge >= 0.3 is 0 Å². The maximum absolute atomic E-state index is 13.4. The molecule has 1 aromatic carbocycles. The third kappa shape index (κ3) is 6.01. The largest absolute Gasteiger partial charge is 0.370 e. The molecule has 0 radical (unpaired) electrons. The molecule has 2 aromatic rings. The molecule has 3 N–H and O–H groups in total. The molecule has 0 unspecified atom stereocenters. The van der Waals surface area contributed by atoms with Gasteiger partial charge in [-0.05, 0) is 42.0 Å². The highest BCUT2D eigenvalue weighted by Gasteiger charge is 1.99. The molecule has 2 rings (SSSR count). The maximum atomic E-state index is 13.4. The Kier molecular flexibility index (Phi) is 7.66. The highest BCUT2D eigenvalue weighted by atomic mass is 127. The number of aryl methyl sites for hydroxylation is 1. The summed E-state index contributed by atoms with van der Waals surface area (Å²) >= 11 is 1.73. The molecular formula is C15H19FIN3S. The maximum Gasteiger partial charge on any atom is 0.188 e. The van der Waals surface area contributed by atoms with Crippen molar-refractivity contribution in [1.82, 2.24) is 5.32 Å². The molecule has 1 heterocycles. The van der Waals surface area contributed by atoms with Crippen molar-refractivity contribution in [2.75, 3.05) is 6.54 Å². The molecule has 0 aliphatic rings. The summed E-state index contributed by atoms with van der Waals surface area (Å²) in [5, 5.41) is 5.11. The average molecular weight is 419 g/mol. The first-order chi connectivity index (χ1) is 9.65. The molecule has 1 aromatic heterocycles. The number of rotatable bonds is 5. The summed E-state index contributed by atoms with van der Waals surface area (Å²) in [7, 11) is 0. The van der Waals surface area contributed by atoms with Crippen molar-refractivity contribution >= 4 is 41.3 Å². The van der Waals surface area contributed by atoms with Crippen LogP contribution in [0.1, 0.15) is 16.0 Å². The Balaban J connectivity index is 0.00000220. The second kappa shape index (κ2) is 8.99. The summed E-state index contributed by atoms with van der Waals surface area (Å²) in [6.07, 6.45) is 0.924. The van der Waals surface area contributed by atoms with Gasteiger partial charge in [-0.15, -0.1) is 35.3 Å². The molecule has 0 aliphatic heterocycles. The second-order valence-electron chi connectivity index (χ2n) is 4.54. The number of hydrogen-bond donors (Lipinski definition) is 2. The summed E-state index contributed by atoms with van der Waals surface area (Å²) in [4.78, 5) is 5.52. The summed E-state index contributed by atoms with van der Waals surface area (Å²) < 4.78 is 13.4. The second-order valence-corrected chi connectivity index (χ2v) is 5.57. The SMILES string of the molecule is Cc1ccc(CN=C(N)NCCc2cccs2)cc1F.I. The highest BCUT2D eigenvalue weighted by molar-refractivity contribution is 14.0. The average Bonchev–Trinajstić information content (AvgIpc) is 2.93. The third-order valence-corrected chi connectivity index (χ3v) is 3.86. The van der Waals surface area contributed by atoms with Gasteiger partial charge in [0.2, 0.25) is 0 Å². The number of nitrogens with two attached hydrogens (primary N) is 1. The van der Waals surface area contributed by atoms with E-state index in [4.69, 9.17) is 5.73 Å². The van der Waals surface area contributed by atoms with E-state index in [2.05, 4.69) is 21.8 Å². The van der Waals surface area contributed by atoms with Gasteiger partial charge in [0.05, 0.1) is 6.54 Å². The normalized spacial score (nSPS) is 11.0. The van der Waals surface area contributed by atoms with Gasteiger partial charge in [-0.25, -0.2) is 9.38 Å². The van der Waals surface area contributed by atoms with Crippen molar-refractivity contribution in [2.24, 2.45) is 10.7 Å². The van der Waals surface area contributed by atoms with Crippen LogP contribution < -0.4 is 11.1 Å². The smallest absolute Gasteiger partial charge is 0.188 e. The van der Waals surface area contributed by atoms with E-state index in [1.54, 1.807) is 24.3 Å². The zero-order valence-electron chi connectivity index (χ0n) is 11.8. The molecule has 3 nitrogen and oxygen atoms in total. The minimum Gasteiger partial charge on any atom is -0.370 e. The van der Waals surface area contributed by atoms with Gasteiger partial charge in [0.1, 0.15) is 5.82 Å². The summed E-state index contributed by atoms with van der Waals surface area (Å²) in [5.41, 5.74) is 7.23. The zero-order chi connectivity index (χ0) is 14.4. The van der Waals surface area contributed by atoms with Gasteiger partial charge in [0.15, 0.2) is 5.96 Å². The molecule has 0 fully saturated rings.